The standard InChI is InChI=1S/C12H15N3S/c1-8-5-10(13)6-14-12(8)15-7-11-4-3-9(2)16-11/h3-6H,7,13H2,1-2H3,(H,14,15). The highest BCUT2D eigenvalue weighted by Crippen LogP contribution is 2.18. The molecule has 4 heteroatoms. The van der Waals surface area contributed by atoms with Gasteiger partial charge in [0.05, 0.1) is 18.4 Å². The molecule has 0 aromatic carbocycles. The van der Waals surface area contributed by atoms with Gasteiger partial charge in [-0.05, 0) is 37.6 Å². The molecule has 0 unspecified atom stereocenters. The molecule has 0 amide bonds. The molecule has 0 atom stereocenters. The van der Waals surface area contributed by atoms with Gasteiger partial charge in [0.1, 0.15) is 5.82 Å². The highest BCUT2D eigenvalue weighted by molar-refractivity contribution is 7.11. The first-order chi connectivity index (χ1) is 7.65. The van der Waals surface area contributed by atoms with Gasteiger partial charge in [0.25, 0.3) is 0 Å². The van der Waals surface area contributed by atoms with E-state index in [-0.39, 0.29) is 0 Å². The molecule has 16 heavy (non-hydrogen) atoms. The van der Waals surface area contributed by atoms with E-state index in [9.17, 15) is 0 Å². The number of aryl methyl sites for hydroxylation is 2. The van der Waals surface area contributed by atoms with Crippen molar-refractivity contribution in [1.82, 2.24) is 4.98 Å². The second-order valence-electron chi connectivity index (χ2n) is 3.80. The molecule has 0 fully saturated rings. The van der Waals surface area contributed by atoms with Crippen molar-refractivity contribution in [2.75, 3.05) is 11.1 Å². The van der Waals surface area contributed by atoms with Gasteiger partial charge < -0.3 is 11.1 Å². The number of hydrogen-bond donors (Lipinski definition) is 2. The lowest BCUT2D eigenvalue weighted by Crippen LogP contribution is -2.02. The monoisotopic (exact) mass is 233 g/mol. The molecule has 2 aromatic heterocycles. The Bertz CT molecular complexity index is 491. The minimum Gasteiger partial charge on any atom is -0.397 e. The zero-order chi connectivity index (χ0) is 11.5. The molecule has 0 saturated heterocycles. The Morgan fingerprint density at radius 3 is 2.81 bits per heavy atom. The van der Waals surface area contributed by atoms with Crippen LogP contribution in [0.1, 0.15) is 15.3 Å². The zero-order valence-electron chi connectivity index (χ0n) is 9.45. The average molecular weight is 233 g/mol. The molecule has 0 spiro atoms. The van der Waals surface area contributed by atoms with Crippen LogP contribution in [0.4, 0.5) is 11.5 Å². The molecule has 3 nitrogen and oxygen atoms in total. The SMILES string of the molecule is Cc1ccc(CNc2ncc(N)cc2C)s1. The van der Waals surface area contributed by atoms with Gasteiger partial charge in [-0.3, -0.25) is 0 Å². The van der Waals surface area contributed by atoms with Gasteiger partial charge in [-0.15, -0.1) is 11.3 Å². The van der Waals surface area contributed by atoms with Gasteiger partial charge in [0, 0.05) is 9.75 Å². The van der Waals surface area contributed by atoms with Crippen molar-refractivity contribution in [3.63, 3.8) is 0 Å². The van der Waals surface area contributed by atoms with E-state index in [2.05, 4.69) is 29.4 Å². The van der Waals surface area contributed by atoms with E-state index < -0.39 is 0 Å². The number of rotatable bonds is 3. The lowest BCUT2D eigenvalue weighted by atomic mass is 10.2. The van der Waals surface area contributed by atoms with Crippen molar-refractivity contribution in [2.24, 2.45) is 0 Å². The van der Waals surface area contributed by atoms with E-state index in [1.54, 1.807) is 17.5 Å². The van der Waals surface area contributed by atoms with E-state index in [1.165, 1.54) is 9.75 Å². The third-order valence-corrected chi connectivity index (χ3v) is 3.33. The summed E-state index contributed by atoms with van der Waals surface area (Å²) in [4.78, 5) is 6.92. The Balaban J connectivity index is 2.04. The van der Waals surface area contributed by atoms with Crippen LogP contribution in [0.5, 0.6) is 0 Å². The van der Waals surface area contributed by atoms with Crippen LogP contribution in [-0.4, -0.2) is 4.98 Å². The van der Waals surface area contributed by atoms with Gasteiger partial charge in [0.2, 0.25) is 0 Å². The van der Waals surface area contributed by atoms with Gasteiger partial charge >= 0.3 is 0 Å². The summed E-state index contributed by atoms with van der Waals surface area (Å²) in [5.41, 5.74) is 7.43. The van der Waals surface area contributed by atoms with Crippen molar-refractivity contribution >= 4 is 22.8 Å². The number of aromatic nitrogens is 1. The molecule has 3 N–H and O–H groups in total. The first kappa shape index (κ1) is 11.0. The minimum absolute atomic E-state index is 0.704. The normalized spacial score (nSPS) is 10.4. The molecule has 0 aliphatic rings. The summed E-state index contributed by atoms with van der Waals surface area (Å²) in [7, 11) is 0. The first-order valence-corrected chi connectivity index (χ1v) is 5.98. The smallest absolute Gasteiger partial charge is 0.129 e. The summed E-state index contributed by atoms with van der Waals surface area (Å²) in [6.07, 6.45) is 1.68. The fourth-order valence-corrected chi connectivity index (χ4v) is 2.36. The molecule has 0 bridgehead atoms. The third-order valence-electron chi connectivity index (χ3n) is 2.33. The van der Waals surface area contributed by atoms with Crippen molar-refractivity contribution in [3.8, 4) is 0 Å². The largest absolute Gasteiger partial charge is 0.397 e. The second kappa shape index (κ2) is 4.53. The van der Waals surface area contributed by atoms with Gasteiger partial charge in [0.15, 0.2) is 0 Å². The van der Waals surface area contributed by atoms with E-state index in [0.717, 1.165) is 17.9 Å². The fourth-order valence-electron chi connectivity index (χ4n) is 1.53. The lowest BCUT2D eigenvalue weighted by Gasteiger charge is -2.07. The Hall–Kier alpha value is -1.55. The fraction of sp³-hybridized carbons (Fsp3) is 0.250. The predicted octanol–water partition coefficient (Wildman–Crippen LogP) is 2.95. The summed E-state index contributed by atoms with van der Waals surface area (Å²) in [6, 6.07) is 6.19. The number of nitrogens with one attached hydrogen (secondary N) is 1. The minimum atomic E-state index is 0.704. The van der Waals surface area contributed by atoms with E-state index in [4.69, 9.17) is 5.73 Å². The predicted molar refractivity (Wildman–Crippen MR) is 69.8 cm³/mol. The second-order valence-corrected chi connectivity index (χ2v) is 5.17. The van der Waals surface area contributed by atoms with E-state index >= 15 is 0 Å². The van der Waals surface area contributed by atoms with Crippen molar-refractivity contribution < 1.29 is 0 Å². The van der Waals surface area contributed by atoms with Gasteiger partial charge in [-0.2, -0.15) is 0 Å². The van der Waals surface area contributed by atoms with Crippen LogP contribution in [0.2, 0.25) is 0 Å². The van der Waals surface area contributed by atoms with Crippen LogP contribution >= 0.6 is 11.3 Å². The Kier molecular flexibility index (Phi) is 3.10. The zero-order valence-corrected chi connectivity index (χ0v) is 10.3. The summed E-state index contributed by atoms with van der Waals surface area (Å²) in [5.74, 6) is 0.903. The number of pyridine rings is 1. The van der Waals surface area contributed by atoms with Crippen LogP contribution in [0, 0.1) is 13.8 Å². The highest BCUT2D eigenvalue weighted by atomic mass is 32.1. The highest BCUT2D eigenvalue weighted by Gasteiger charge is 2.01. The molecule has 0 aliphatic heterocycles. The summed E-state index contributed by atoms with van der Waals surface area (Å²) >= 11 is 1.80. The number of nitrogens with two attached hydrogens (primary N) is 1. The van der Waals surface area contributed by atoms with E-state index in [0.29, 0.717) is 5.69 Å². The van der Waals surface area contributed by atoms with Crippen LogP contribution in [0.3, 0.4) is 0 Å². The lowest BCUT2D eigenvalue weighted by molar-refractivity contribution is 1.12. The number of thiophene rings is 1. The number of nitrogen functional groups attached to an aromatic ring is 1. The van der Waals surface area contributed by atoms with Crippen molar-refractivity contribution in [3.05, 3.63) is 39.7 Å². The van der Waals surface area contributed by atoms with Crippen LogP contribution in [0.15, 0.2) is 24.4 Å². The summed E-state index contributed by atoms with van der Waals surface area (Å²) in [5, 5.41) is 3.31. The molecule has 0 aliphatic carbocycles. The molecular formula is C12H15N3S. The van der Waals surface area contributed by atoms with Crippen LogP contribution < -0.4 is 11.1 Å². The molecule has 0 saturated carbocycles. The number of hydrogen-bond acceptors (Lipinski definition) is 4. The maximum atomic E-state index is 5.65. The Morgan fingerprint density at radius 2 is 2.19 bits per heavy atom. The maximum absolute atomic E-state index is 5.65. The molecule has 84 valence electrons. The maximum Gasteiger partial charge on any atom is 0.129 e. The van der Waals surface area contributed by atoms with E-state index in [1.807, 2.05) is 13.0 Å². The van der Waals surface area contributed by atoms with Gasteiger partial charge in [-0.25, -0.2) is 4.98 Å². The van der Waals surface area contributed by atoms with Crippen LogP contribution in [0.25, 0.3) is 0 Å². The van der Waals surface area contributed by atoms with Gasteiger partial charge in [-0.1, -0.05) is 0 Å². The molecule has 2 aromatic rings. The molecular weight excluding hydrogens is 218 g/mol. The average Bonchev–Trinajstić information content (AvgIpc) is 2.63. The Morgan fingerprint density at radius 1 is 1.38 bits per heavy atom. The third kappa shape index (κ3) is 2.52. The van der Waals surface area contributed by atoms with Crippen molar-refractivity contribution in [1.29, 1.82) is 0 Å². The summed E-state index contributed by atoms with van der Waals surface area (Å²) in [6.45, 7) is 4.93. The summed E-state index contributed by atoms with van der Waals surface area (Å²) < 4.78 is 0. The quantitative estimate of drug-likeness (QED) is 0.857. The topological polar surface area (TPSA) is 50.9 Å². The molecule has 2 rings (SSSR count). The van der Waals surface area contributed by atoms with Crippen molar-refractivity contribution in [2.45, 2.75) is 20.4 Å². The first-order valence-electron chi connectivity index (χ1n) is 5.16. The Labute approximate surface area is 99.3 Å². The number of anilines is 2. The van der Waals surface area contributed by atoms with Crippen LogP contribution in [-0.2, 0) is 6.54 Å². The molecule has 0 radical (unpaired) electrons. The molecule has 2 heterocycles. The number of nitrogens with zero attached hydrogens (tertiary/aromatic N) is 1.